The maximum Gasteiger partial charge on any atom is 0.0616 e. The van der Waals surface area contributed by atoms with E-state index in [0.717, 1.165) is 19.3 Å². The summed E-state index contributed by atoms with van der Waals surface area (Å²) in [6.45, 7) is 6.47. The lowest BCUT2D eigenvalue weighted by molar-refractivity contribution is -0.0712. The molecular weight excluding hydrogens is 152 g/mol. The molecular formula is C10H20O2. The predicted octanol–water partition coefficient (Wildman–Crippen LogP) is 1.56. The minimum atomic E-state index is -0.324. The van der Waals surface area contributed by atoms with Gasteiger partial charge in [-0.25, -0.2) is 0 Å². The summed E-state index contributed by atoms with van der Waals surface area (Å²) in [5.74, 6) is 0. The molecule has 1 aliphatic rings. The van der Waals surface area contributed by atoms with Crippen molar-refractivity contribution in [2.75, 3.05) is 6.61 Å². The summed E-state index contributed by atoms with van der Waals surface area (Å²) in [5, 5.41) is 18.9. The summed E-state index contributed by atoms with van der Waals surface area (Å²) in [7, 11) is 0. The van der Waals surface area contributed by atoms with Crippen LogP contribution in [-0.2, 0) is 0 Å². The minimum absolute atomic E-state index is 0.0948. The van der Waals surface area contributed by atoms with E-state index in [9.17, 15) is 10.2 Å². The van der Waals surface area contributed by atoms with Gasteiger partial charge in [0.1, 0.15) is 0 Å². The SMILES string of the molecule is CC1(C)CCC(O)C(C)(CO)C1. The Morgan fingerprint density at radius 3 is 2.33 bits per heavy atom. The molecule has 1 aliphatic carbocycles. The maximum absolute atomic E-state index is 9.70. The Morgan fingerprint density at radius 1 is 1.33 bits per heavy atom. The van der Waals surface area contributed by atoms with Gasteiger partial charge in [0.2, 0.25) is 0 Å². The van der Waals surface area contributed by atoms with Gasteiger partial charge in [-0.15, -0.1) is 0 Å². The molecule has 0 bridgehead atoms. The van der Waals surface area contributed by atoms with E-state index in [-0.39, 0.29) is 23.5 Å². The molecule has 1 saturated carbocycles. The van der Waals surface area contributed by atoms with E-state index in [2.05, 4.69) is 13.8 Å². The third-order valence-electron chi connectivity index (χ3n) is 3.14. The summed E-state index contributed by atoms with van der Waals surface area (Å²) in [6, 6.07) is 0. The Morgan fingerprint density at radius 2 is 1.92 bits per heavy atom. The maximum atomic E-state index is 9.70. The summed E-state index contributed by atoms with van der Waals surface area (Å²) in [4.78, 5) is 0. The van der Waals surface area contributed by atoms with Crippen molar-refractivity contribution in [1.82, 2.24) is 0 Å². The van der Waals surface area contributed by atoms with Crippen LogP contribution in [0, 0.1) is 10.8 Å². The van der Waals surface area contributed by atoms with Gasteiger partial charge in [-0.05, 0) is 24.7 Å². The van der Waals surface area contributed by atoms with Crippen molar-refractivity contribution in [2.45, 2.75) is 46.1 Å². The molecule has 0 radical (unpaired) electrons. The van der Waals surface area contributed by atoms with E-state index in [1.165, 1.54) is 0 Å². The molecule has 0 aromatic carbocycles. The zero-order valence-electron chi connectivity index (χ0n) is 8.30. The molecule has 2 heteroatoms. The molecule has 0 heterocycles. The zero-order valence-corrected chi connectivity index (χ0v) is 8.30. The van der Waals surface area contributed by atoms with Gasteiger partial charge < -0.3 is 10.2 Å². The molecule has 0 aromatic rings. The van der Waals surface area contributed by atoms with Crippen LogP contribution in [0.2, 0.25) is 0 Å². The number of aliphatic hydroxyl groups excluding tert-OH is 2. The average Bonchev–Trinajstić information content (AvgIpc) is 1.97. The predicted molar refractivity (Wildman–Crippen MR) is 48.8 cm³/mol. The van der Waals surface area contributed by atoms with Crippen LogP contribution in [0.4, 0.5) is 0 Å². The average molecular weight is 172 g/mol. The van der Waals surface area contributed by atoms with Gasteiger partial charge in [0, 0.05) is 5.41 Å². The fraction of sp³-hybridized carbons (Fsp3) is 1.00. The van der Waals surface area contributed by atoms with Crippen molar-refractivity contribution in [1.29, 1.82) is 0 Å². The number of hydrogen-bond acceptors (Lipinski definition) is 2. The fourth-order valence-corrected chi connectivity index (χ4v) is 2.34. The molecule has 0 aliphatic heterocycles. The number of hydrogen-bond donors (Lipinski definition) is 2. The van der Waals surface area contributed by atoms with Gasteiger partial charge in [0.05, 0.1) is 12.7 Å². The Hall–Kier alpha value is -0.0800. The monoisotopic (exact) mass is 172 g/mol. The Labute approximate surface area is 74.6 Å². The highest BCUT2D eigenvalue weighted by atomic mass is 16.3. The van der Waals surface area contributed by atoms with Gasteiger partial charge in [-0.3, -0.25) is 0 Å². The lowest BCUT2D eigenvalue weighted by atomic mass is 9.63. The van der Waals surface area contributed by atoms with E-state index >= 15 is 0 Å². The Bertz CT molecular complexity index is 165. The van der Waals surface area contributed by atoms with Crippen LogP contribution in [0.25, 0.3) is 0 Å². The molecule has 0 amide bonds. The third kappa shape index (κ3) is 1.80. The second-order valence-corrected chi connectivity index (χ2v) is 5.21. The quantitative estimate of drug-likeness (QED) is 0.630. The van der Waals surface area contributed by atoms with E-state index in [1.54, 1.807) is 0 Å². The van der Waals surface area contributed by atoms with Crippen molar-refractivity contribution in [3.8, 4) is 0 Å². The van der Waals surface area contributed by atoms with Crippen molar-refractivity contribution in [3.05, 3.63) is 0 Å². The van der Waals surface area contributed by atoms with Gasteiger partial charge in [-0.2, -0.15) is 0 Å². The third-order valence-corrected chi connectivity index (χ3v) is 3.14. The van der Waals surface area contributed by atoms with Gasteiger partial charge in [0.15, 0.2) is 0 Å². The van der Waals surface area contributed by atoms with Crippen LogP contribution < -0.4 is 0 Å². The highest BCUT2D eigenvalue weighted by Gasteiger charge is 2.42. The van der Waals surface area contributed by atoms with E-state index in [4.69, 9.17) is 0 Å². The highest BCUT2D eigenvalue weighted by molar-refractivity contribution is 4.92. The van der Waals surface area contributed by atoms with Crippen molar-refractivity contribution in [3.63, 3.8) is 0 Å². The summed E-state index contributed by atoms with van der Waals surface area (Å²) in [5.41, 5.74) is -0.00153. The smallest absolute Gasteiger partial charge is 0.0616 e. The molecule has 0 saturated heterocycles. The first-order valence-electron chi connectivity index (χ1n) is 4.69. The Balaban J connectivity index is 2.72. The molecule has 1 fully saturated rings. The first-order valence-corrected chi connectivity index (χ1v) is 4.69. The first kappa shape index (κ1) is 10.0. The van der Waals surface area contributed by atoms with Gasteiger partial charge in [-0.1, -0.05) is 20.8 Å². The van der Waals surface area contributed by atoms with Crippen LogP contribution >= 0.6 is 0 Å². The van der Waals surface area contributed by atoms with Crippen LogP contribution in [-0.4, -0.2) is 22.9 Å². The van der Waals surface area contributed by atoms with Crippen molar-refractivity contribution >= 4 is 0 Å². The molecule has 0 aromatic heterocycles. The van der Waals surface area contributed by atoms with Crippen LogP contribution in [0.1, 0.15) is 40.0 Å². The topological polar surface area (TPSA) is 40.5 Å². The zero-order chi connectivity index (χ0) is 9.41. The highest BCUT2D eigenvalue weighted by Crippen LogP contribution is 2.45. The Kier molecular flexibility index (Phi) is 2.50. The van der Waals surface area contributed by atoms with Gasteiger partial charge >= 0.3 is 0 Å². The van der Waals surface area contributed by atoms with Gasteiger partial charge in [0.25, 0.3) is 0 Å². The van der Waals surface area contributed by atoms with Crippen molar-refractivity contribution < 1.29 is 10.2 Å². The molecule has 72 valence electrons. The number of aliphatic hydroxyl groups is 2. The van der Waals surface area contributed by atoms with Crippen molar-refractivity contribution in [2.24, 2.45) is 10.8 Å². The lowest BCUT2D eigenvalue weighted by Gasteiger charge is -2.45. The molecule has 2 atom stereocenters. The standard InChI is InChI=1S/C10H20O2/c1-9(2)5-4-8(12)10(3,6-9)7-11/h8,11-12H,4-7H2,1-3H3. The van der Waals surface area contributed by atoms with Crippen LogP contribution in [0.5, 0.6) is 0 Å². The molecule has 12 heavy (non-hydrogen) atoms. The second kappa shape index (κ2) is 3.00. The number of rotatable bonds is 1. The first-order chi connectivity index (χ1) is 5.40. The summed E-state index contributed by atoms with van der Waals surface area (Å²) >= 11 is 0. The minimum Gasteiger partial charge on any atom is -0.396 e. The van der Waals surface area contributed by atoms with E-state index in [0.29, 0.717) is 0 Å². The largest absolute Gasteiger partial charge is 0.396 e. The fourth-order valence-electron chi connectivity index (χ4n) is 2.34. The molecule has 1 rings (SSSR count). The molecule has 0 spiro atoms. The van der Waals surface area contributed by atoms with Crippen LogP contribution in [0.15, 0.2) is 0 Å². The van der Waals surface area contributed by atoms with E-state index < -0.39 is 0 Å². The normalized spacial score (nSPS) is 41.2. The lowest BCUT2D eigenvalue weighted by Crippen LogP contribution is -2.44. The summed E-state index contributed by atoms with van der Waals surface area (Å²) < 4.78 is 0. The second-order valence-electron chi connectivity index (χ2n) is 5.21. The van der Waals surface area contributed by atoms with E-state index in [1.807, 2.05) is 6.92 Å². The molecule has 2 unspecified atom stereocenters. The van der Waals surface area contributed by atoms with Crippen LogP contribution in [0.3, 0.4) is 0 Å². The molecule has 2 nitrogen and oxygen atoms in total. The molecule has 2 N–H and O–H groups in total. The summed E-state index contributed by atoms with van der Waals surface area (Å²) in [6.07, 6.45) is 2.47.